The summed E-state index contributed by atoms with van der Waals surface area (Å²) >= 11 is 0. The van der Waals surface area contributed by atoms with Gasteiger partial charge in [-0.1, -0.05) is 43.7 Å². The summed E-state index contributed by atoms with van der Waals surface area (Å²) in [6, 6.07) is 15.9. The normalized spacial score (nSPS) is 11.9. The lowest BCUT2D eigenvalue weighted by Gasteiger charge is -2.18. The van der Waals surface area contributed by atoms with E-state index in [0.717, 1.165) is 23.8 Å². The standard InChI is InChI=1S/C22H22O5/c1-3-8-16-13-20(23)27-19-14-17(11-12-18(16)19)26-21(22(24)25-4-2)15-9-6-5-7-10-15/h5-7,9-14,21H,3-4,8H2,1-2H3/t21-/m0/s1. The van der Waals surface area contributed by atoms with Crippen LogP contribution in [0.3, 0.4) is 0 Å². The smallest absolute Gasteiger partial charge is 0.352 e. The van der Waals surface area contributed by atoms with Crippen molar-refractivity contribution in [3.8, 4) is 5.75 Å². The molecule has 0 saturated carbocycles. The molecule has 0 aliphatic heterocycles. The Morgan fingerprint density at radius 2 is 1.85 bits per heavy atom. The summed E-state index contributed by atoms with van der Waals surface area (Å²) in [5, 5.41) is 0.871. The monoisotopic (exact) mass is 366 g/mol. The van der Waals surface area contributed by atoms with Gasteiger partial charge in [0.1, 0.15) is 11.3 Å². The Morgan fingerprint density at radius 3 is 2.56 bits per heavy atom. The van der Waals surface area contributed by atoms with E-state index in [2.05, 4.69) is 6.92 Å². The van der Waals surface area contributed by atoms with Crippen LogP contribution in [0.15, 0.2) is 63.8 Å². The van der Waals surface area contributed by atoms with Gasteiger partial charge in [-0.25, -0.2) is 9.59 Å². The van der Waals surface area contributed by atoms with Crippen LogP contribution in [0.2, 0.25) is 0 Å². The number of aryl methyl sites for hydroxylation is 1. The van der Waals surface area contributed by atoms with Crippen molar-refractivity contribution in [2.45, 2.75) is 32.8 Å². The third-order valence-electron chi connectivity index (χ3n) is 4.18. The summed E-state index contributed by atoms with van der Waals surface area (Å²) in [5.41, 5.74) is 1.68. The number of benzene rings is 2. The van der Waals surface area contributed by atoms with Crippen molar-refractivity contribution < 1.29 is 18.7 Å². The van der Waals surface area contributed by atoms with E-state index in [1.807, 2.05) is 36.4 Å². The lowest BCUT2D eigenvalue weighted by molar-refractivity contribution is -0.151. The highest BCUT2D eigenvalue weighted by atomic mass is 16.6. The largest absolute Gasteiger partial charge is 0.474 e. The van der Waals surface area contributed by atoms with Crippen molar-refractivity contribution >= 4 is 16.9 Å². The highest BCUT2D eigenvalue weighted by molar-refractivity contribution is 5.82. The first kappa shape index (κ1) is 18.7. The van der Waals surface area contributed by atoms with Crippen molar-refractivity contribution in [1.82, 2.24) is 0 Å². The minimum atomic E-state index is -0.894. The van der Waals surface area contributed by atoms with E-state index < -0.39 is 17.7 Å². The number of carbonyl (C=O) groups is 1. The molecule has 0 aliphatic carbocycles. The molecule has 140 valence electrons. The molecule has 0 radical (unpaired) electrons. The van der Waals surface area contributed by atoms with Crippen LogP contribution in [0.4, 0.5) is 0 Å². The topological polar surface area (TPSA) is 65.7 Å². The summed E-state index contributed by atoms with van der Waals surface area (Å²) in [4.78, 5) is 24.2. The average Bonchev–Trinajstić information content (AvgIpc) is 2.67. The first-order valence-electron chi connectivity index (χ1n) is 9.07. The first-order valence-corrected chi connectivity index (χ1v) is 9.07. The fraction of sp³-hybridized carbons (Fsp3) is 0.273. The molecule has 1 aromatic heterocycles. The minimum Gasteiger partial charge on any atom is -0.474 e. The van der Waals surface area contributed by atoms with Crippen molar-refractivity contribution in [2.75, 3.05) is 6.61 Å². The lowest BCUT2D eigenvalue weighted by Crippen LogP contribution is -2.21. The van der Waals surface area contributed by atoms with E-state index in [-0.39, 0.29) is 6.61 Å². The number of carbonyl (C=O) groups excluding carboxylic acids is 1. The molecule has 3 aromatic rings. The Kier molecular flexibility index (Phi) is 5.91. The van der Waals surface area contributed by atoms with Gasteiger partial charge in [0.15, 0.2) is 0 Å². The summed E-state index contributed by atoms with van der Waals surface area (Å²) < 4.78 is 16.4. The van der Waals surface area contributed by atoms with Crippen LogP contribution in [-0.2, 0) is 16.0 Å². The predicted octanol–water partition coefficient (Wildman–Crippen LogP) is 4.43. The Hall–Kier alpha value is -3.08. The van der Waals surface area contributed by atoms with E-state index in [1.54, 1.807) is 19.1 Å². The molecular weight excluding hydrogens is 344 g/mol. The Balaban J connectivity index is 1.97. The van der Waals surface area contributed by atoms with Gasteiger partial charge >= 0.3 is 11.6 Å². The molecule has 27 heavy (non-hydrogen) atoms. The van der Waals surface area contributed by atoms with Crippen LogP contribution >= 0.6 is 0 Å². The van der Waals surface area contributed by atoms with E-state index in [1.165, 1.54) is 6.07 Å². The molecule has 1 atom stereocenters. The maximum Gasteiger partial charge on any atom is 0.352 e. The summed E-state index contributed by atoms with van der Waals surface area (Å²) in [6.45, 7) is 4.07. The van der Waals surface area contributed by atoms with Crippen LogP contribution in [-0.4, -0.2) is 12.6 Å². The van der Waals surface area contributed by atoms with E-state index in [4.69, 9.17) is 13.9 Å². The summed E-state index contributed by atoms with van der Waals surface area (Å²) in [5.74, 6) is -0.0359. The molecule has 0 saturated heterocycles. The number of ether oxygens (including phenoxy) is 2. The molecular formula is C22H22O5. The van der Waals surface area contributed by atoms with Gasteiger partial charge in [-0.3, -0.25) is 0 Å². The number of esters is 1. The van der Waals surface area contributed by atoms with Crippen LogP contribution in [0.1, 0.15) is 37.5 Å². The maximum absolute atomic E-state index is 12.4. The molecule has 0 bridgehead atoms. The average molecular weight is 366 g/mol. The van der Waals surface area contributed by atoms with Crippen LogP contribution in [0.25, 0.3) is 11.0 Å². The zero-order valence-corrected chi connectivity index (χ0v) is 15.4. The number of rotatable bonds is 7. The highest BCUT2D eigenvalue weighted by Gasteiger charge is 2.24. The maximum atomic E-state index is 12.4. The van der Waals surface area contributed by atoms with Crippen LogP contribution in [0.5, 0.6) is 5.75 Å². The number of hydrogen-bond donors (Lipinski definition) is 0. The van der Waals surface area contributed by atoms with Crippen LogP contribution < -0.4 is 10.4 Å². The van der Waals surface area contributed by atoms with Gasteiger partial charge < -0.3 is 13.9 Å². The van der Waals surface area contributed by atoms with E-state index in [0.29, 0.717) is 16.9 Å². The molecule has 0 amide bonds. The molecule has 0 fully saturated rings. The number of hydrogen-bond acceptors (Lipinski definition) is 5. The molecule has 5 nitrogen and oxygen atoms in total. The zero-order valence-electron chi connectivity index (χ0n) is 15.4. The molecule has 0 unspecified atom stereocenters. The Bertz CT molecular complexity index is 975. The van der Waals surface area contributed by atoms with E-state index in [9.17, 15) is 9.59 Å². The van der Waals surface area contributed by atoms with Crippen molar-refractivity contribution in [1.29, 1.82) is 0 Å². The fourth-order valence-corrected chi connectivity index (χ4v) is 2.99. The van der Waals surface area contributed by atoms with Gasteiger partial charge in [-0.15, -0.1) is 0 Å². The van der Waals surface area contributed by atoms with Gasteiger partial charge in [0.05, 0.1) is 6.61 Å². The quantitative estimate of drug-likeness (QED) is 0.457. The molecule has 0 N–H and O–H groups in total. The van der Waals surface area contributed by atoms with Gasteiger partial charge in [-0.2, -0.15) is 0 Å². The Morgan fingerprint density at radius 1 is 1.07 bits per heavy atom. The second kappa shape index (κ2) is 8.54. The van der Waals surface area contributed by atoms with Crippen molar-refractivity contribution in [2.24, 2.45) is 0 Å². The van der Waals surface area contributed by atoms with E-state index >= 15 is 0 Å². The van der Waals surface area contributed by atoms with Crippen molar-refractivity contribution in [3.63, 3.8) is 0 Å². The lowest BCUT2D eigenvalue weighted by atomic mass is 10.1. The third kappa shape index (κ3) is 4.37. The third-order valence-corrected chi connectivity index (χ3v) is 4.18. The van der Waals surface area contributed by atoms with Crippen molar-refractivity contribution in [3.05, 3.63) is 76.1 Å². The molecule has 3 rings (SSSR count). The molecule has 1 heterocycles. The summed E-state index contributed by atoms with van der Waals surface area (Å²) in [7, 11) is 0. The highest BCUT2D eigenvalue weighted by Crippen LogP contribution is 2.28. The fourth-order valence-electron chi connectivity index (χ4n) is 2.99. The SMILES string of the molecule is CCCc1cc(=O)oc2cc(O[C@H](C(=O)OCC)c3ccccc3)ccc12. The van der Waals surface area contributed by atoms with Gasteiger partial charge in [-0.05, 0) is 31.0 Å². The minimum absolute atomic E-state index is 0.262. The Labute approximate surface area is 157 Å². The number of fused-ring (bicyclic) bond motifs is 1. The first-order chi connectivity index (χ1) is 13.1. The van der Waals surface area contributed by atoms with Crippen LogP contribution in [0, 0.1) is 0 Å². The van der Waals surface area contributed by atoms with Gasteiger partial charge in [0.25, 0.3) is 0 Å². The molecule has 2 aromatic carbocycles. The summed E-state index contributed by atoms with van der Waals surface area (Å²) in [6.07, 6.45) is 0.821. The molecule has 0 spiro atoms. The second-order valence-corrected chi connectivity index (χ2v) is 6.16. The predicted molar refractivity (Wildman–Crippen MR) is 103 cm³/mol. The zero-order chi connectivity index (χ0) is 19.2. The van der Waals surface area contributed by atoms with Gasteiger partial charge in [0, 0.05) is 23.1 Å². The second-order valence-electron chi connectivity index (χ2n) is 6.16. The van der Waals surface area contributed by atoms with Gasteiger partial charge in [0.2, 0.25) is 6.10 Å². The molecule has 0 aliphatic rings. The molecule has 5 heteroatoms.